The molecule has 1 atom stereocenters. The minimum Gasteiger partial charge on any atom is -0.461 e. The van der Waals surface area contributed by atoms with Gasteiger partial charge in [0.2, 0.25) is 11.8 Å². The molecule has 0 aromatic heterocycles. The zero-order valence-corrected chi connectivity index (χ0v) is 16.7. The van der Waals surface area contributed by atoms with Gasteiger partial charge in [0, 0.05) is 13.3 Å². The number of carbonyl (C=O) groups excluding carboxylic acids is 4. The van der Waals surface area contributed by atoms with E-state index >= 15 is 0 Å². The highest BCUT2D eigenvalue weighted by Gasteiger charge is 2.61. The van der Waals surface area contributed by atoms with Gasteiger partial charge in [-0.15, -0.1) is 0 Å². The fourth-order valence-corrected chi connectivity index (χ4v) is 4.08. The van der Waals surface area contributed by atoms with Crippen molar-refractivity contribution in [3.05, 3.63) is 28.8 Å². The van der Waals surface area contributed by atoms with Crippen LogP contribution in [0.4, 0.5) is 5.69 Å². The highest BCUT2D eigenvalue weighted by Crippen LogP contribution is 2.42. The van der Waals surface area contributed by atoms with Gasteiger partial charge in [-0.05, 0) is 38.8 Å². The number of hydrazone groups is 1. The molecule has 0 radical (unpaired) electrons. The fourth-order valence-electron chi connectivity index (χ4n) is 4.08. The first-order valence-corrected chi connectivity index (χ1v) is 9.13. The first kappa shape index (κ1) is 19.7. The van der Waals surface area contributed by atoms with Crippen molar-refractivity contribution in [2.45, 2.75) is 53.0 Å². The van der Waals surface area contributed by atoms with Crippen LogP contribution in [-0.2, 0) is 23.9 Å². The quantitative estimate of drug-likeness (QED) is 0.584. The second-order valence-corrected chi connectivity index (χ2v) is 7.26. The van der Waals surface area contributed by atoms with E-state index in [4.69, 9.17) is 4.74 Å². The summed E-state index contributed by atoms with van der Waals surface area (Å²) in [6.45, 7) is 8.65. The van der Waals surface area contributed by atoms with Crippen molar-refractivity contribution >= 4 is 35.1 Å². The molecule has 2 aliphatic rings. The van der Waals surface area contributed by atoms with Gasteiger partial charge in [0.25, 0.3) is 5.91 Å². The maximum absolute atomic E-state index is 13.5. The number of aryl methyl sites for hydroxylation is 3. The minimum absolute atomic E-state index is 0.0302. The Morgan fingerprint density at radius 1 is 1.14 bits per heavy atom. The van der Waals surface area contributed by atoms with E-state index in [1.807, 2.05) is 32.9 Å². The zero-order chi connectivity index (χ0) is 20.8. The summed E-state index contributed by atoms with van der Waals surface area (Å²) in [5.41, 5.74) is 1.56. The molecule has 0 aliphatic carbocycles. The molecule has 8 heteroatoms. The van der Waals surface area contributed by atoms with Crippen molar-refractivity contribution in [3.63, 3.8) is 0 Å². The molecule has 2 heterocycles. The van der Waals surface area contributed by atoms with Crippen LogP contribution < -0.4 is 4.90 Å². The minimum atomic E-state index is -1.52. The van der Waals surface area contributed by atoms with Crippen LogP contribution in [0.15, 0.2) is 17.2 Å². The van der Waals surface area contributed by atoms with Crippen LogP contribution in [0.25, 0.3) is 0 Å². The molecular formula is C20H23N3O5. The van der Waals surface area contributed by atoms with E-state index in [0.717, 1.165) is 26.6 Å². The number of rotatable bonds is 3. The Bertz CT molecular complexity index is 913. The Morgan fingerprint density at radius 3 is 2.29 bits per heavy atom. The highest BCUT2D eigenvalue weighted by molar-refractivity contribution is 6.39. The number of nitrogens with zero attached hydrogens (tertiary/aromatic N) is 3. The number of imide groups is 1. The first-order chi connectivity index (χ1) is 13.1. The Balaban J connectivity index is 2.05. The molecule has 1 aromatic rings. The Labute approximate surface area is 163 Å². The molecule has 1 aromatic carbocycles. The topological polar surface area (TPSA) is 96.3 Å². The van der Waals surface area contributed by atoms with Crippen molar-refractivity contribution < 1.29 is 23.9 Å². The monoisotopic (exact) mass is 385 g/mol. The Hall–Kier alpha value is -3.03. The van der Waals surface area contributed by atoms with Gasteiger partial charge in [-0.1, -0.05) is 17.7 Å². The summed E-state index contributed by atoms with van der Waals surface area (Å²) in [5, 5.41) is 5.01. The van der Waals surface area contributed by atoms with Gasteiger partial charge in [0.1, 0.15) is 5.71 Å². The SMILES string of the molecule is CCOC(=O)C1=NN(C(C)=O)C2(CC(=O)N(c3c(C)cc(C)cc3C)C2=O)C1. The second kappa shape index (κ2) is 6.85. The second-order valence-electron chi connectivity index (χ2n) is 7.26. The molecule has 1 unspecified atom stereocenters. The van der Waals surface area contributed by atoms with Gasteiger partial charge in [0.05, 0.1) is 18.7 Å². The number of benzene rings is 1. The summed E-state index contributed by atoms with van der Waals surface area (Å²) in [5.74, 6) is -2.18. The molecule has 1 fully saturated rings. The fraction of sp³-hybridized carbons (Fsp3) is 0.450. The van der Waals surface area contributed by atoms with Crippen LogP contribution in [0.2, 0.25) is 0 Å². The number of hydrogen-bond acceptors (Lipinski definition) is 6. The number of amides is 3. The van der Waals surface area contributed by atoms with E-state index in [1.54, 1.807) is 6.92 Å². The third-order valence-electron chi connectivity index (χ3n) is 5.05. The van der Waals surface area contributed by atoms with E-state index < -0.39 is 29.2 Å². The maximum atomic E-state index is 13.5. The largest absolute Gasteiger partial charge is 0.461 e. The Kier molecular flexibility index (Phi) is 4.82. The lowest BCUT2D eigenvalue weighted by Gasteiger charge is -2.29. The van der Waals surface area contributed by atoms with Gasteiger partial charge in [-0.3, -0.25) is 14.4 Å². The average molecular weight is 385 g/mol. The lowest BCUT2D eigenvalue weighted by molar-refractivity contribution is -0.141. The molecule has 0 N–H and O–H groups in total. The van der Waals surface area contributed by atoms with Crippen molar-refractivity contribution in [2.75, 3.05) is 11.5 Å². The van der Waals surface area contributed by atoms with E-state index in [-0.39, 0.29) is 25.2 Å². The van der Waals surface area contributed by atoms with Crippen molar-refractivity contribution in [1.82, 2.24) is 5.01 Å². The molecule has 1 saturated heterocycles. The third-order valence-corrected chi connectivity index (χ3v) is 5.05. The third kappa shape index (κ3) is 2.89. The van der Waals surface area contributed by atoms with Gasteiger partial charge < -0.3 is 4.74 Å². The molecule has 3 rings (SSSR count). The predicted molar refractivity (Wildman–Crippen MR) is 102 cm³/mol. The number of esters is 1. The molecule has 0 bridgehead atoms. The number of carbonyl (C=O) groups is 4. The lowest BCUT2D eigenvalue weighted by atomic mass is 9.91. The molecule has 28 heavy (non-hydrogen) atoms. The van der Waals surface area contributed by atoms with Crippen molar-refractivity contribution in [3.8, 4) is 0 Å². The van der Waals surface area contributed by atoms with Crippen molar-refractivity contribution in [1.29, 1.82) is 0 Å². The average Bonchev–Trinajstić information content (AvgIpc) is 3.08. The highest BCUT2D eigenvalue weighted by atomic mass is 16.5. The van der Waals surface area contributed by atoms with Gasteiger partial charge in [-0.25, -0.2) is 14.7 Å². The number of hydrogen-bond donors (Lipinski definition) is 0. The maximum Gasteiger partial charge on any atom is 0.354 e. The summed E-state index contributed by atoms with van der Waals surface area (Å²) < 4.78 is 4.96. The molecule has 1 spiro atoms. The van der Waals surface area contributed by atoms with Crippen LogP contribution in [-0.4, -0.2) is 46.6 Å². The van der Waals surface area contributed by atoms with E-state index in [2.05, 4.69) is 5.10 Å². The van der Waals surface area contributed by atoms with E-state index in [9.17, 15) is 19.2 Å². The molecule has 2 aliphatic heterocycles. The van der Waals surface area contributed by atoms with Crippen LogP contribution in [0.3, 0.4) is 0 Å². The van der Waals surface area contributed by atoms with Gasteiger partial charge >= 0.3 is 5.97 Å². The Morgan fingerprint density at radius 2 is 1.75 bits per heavy atom. The molecule has 8 nitrogen and oxygen atoms in total. The summed E-state index contributed by atoms with van der Waals surface area (Å²) in [6, 6.07) is 3.79. The smallest absolute Gasteiger partial charge is 0.354 e. The zero-order valence-electron chi connectivity index (χ0n) is 16.7. The summed E-state index contributed by atoms with van der Waals surface area (Å²) in [4.78, 5) is 51.8. The standard InChI is InChI=1S/C20H23N3O5/c1-6-28-18(26)15-9-20(23(21-15)14(5)24)10-16(25)22(19(20)27)17-12(3)7-11(2)8-13(17)4/h7-8H,6,9-10H2,1-5H3. The van der Waals surface area contributed by atoms with Gasteiger partial charge in [0.15, 0.2) is 5.54 Å². The number of anilines is 1. The molecule has 3 amide bonds. The van der Waals surface area contributed by atoms with Crippen LogP contribution in [0, 0.1) is 20.8 Å². The first-order valence-electron chi connectivity index (χ1n) is 9.13. The summed E-state index contributed by atoms with van der Waals surface area (Å²) in [6.07, 6.45) is -0.374. The summed E-state index contributed by atoms with van der Waals surface area (Å²) >= 11 is 0. The van der Waals surface area contributed by atoms with Crippen LogP contribution in [0.1, 0.15) is 43.4 Å². The van der Waals surface area contributed by atoms with Crippen LogP contribution in [0.5, 0.6) is 0 Å². The molecular weight excluding hydrogens is 362 g/mol. The van der Waals surface area contributed by atoms with E-state index in [0.29, 0.717) is 5.69 Å². The van der Waals surface area contributed by atoms with Crippen LogP contribution >= 0.6 is 0 Å². The van der Waals surface area contributed by atoms with E-state index in [1.165, 1.54) is 6.92 Å². The number of ether oxygens (including phenoxy) is 1. The van der Waals surface area contributed by atoms with Crippen molar-refractivity contribution in [2.24, 2.45) is 5.10 Å². The normalized spacial score (nSPS) is 21.5. The summed E-state index contributed by atoms with van der Waals surface area (Å²) in [7, 11) is 0. The lowest BCUT2D eigenvalue weighted by Crippen LogP contribution is -2.51. The molecule has 148 valence electrons. The van der Waals surface area contributed by atoms with Gasteiger partial charge in [-0.2, -0.15) is 5.10 Å². The predicted octanol–water partition coefficient (Wildman–Crippen LogP) is 1.79. The molecule has 0 saturated carbocycles.